The van der Waals surface area contributed by atoms with Gasteiger partial charge < -0.3 is 15.2 Å². The Morgan fingerprint density at radius 2 is 2.11 bits per heavy atom. The van der Waals surface area contributed by atoms with Gasteiger partial charge in [-0.25, -0.2) is 0 Å². The van der Waals surface area contributed by atoms with Crippen LogP contribution in [0.3, 0.4) is 0 Å². The lowest BCUT2D eigenvalue weighted by Crippen LogP contribution is -2.39. The van der Waals surface area contributed by atoms with Crippen molar-refractivity contribution in [2.75, 3.05) is 19.8 Å². The van der Waals surface area contributed by atoms with Gasteiger partial charge in [0.1, 0.15) is 0 Å². The van der Waals surface area contributed by atoms with Crippen molar-refractivity contribution in [1.82, 2.24) is 5.32 Å². The Hall–Kier alpha value is -1.39. The summed E-state index contributed by atoms with van der Waals surface area (Å²) in [7, 11) is 0. The van der Waals surface area contributed by atoms with E-state index in [4.69, 9.17) is 4.74 Å². The van der Waals surface area contributed by atoms with Crippen LogP contribution in [-0.4, -0.2) is 36.9 Å². The van der Waals surface area contributed by atoms with Crippen LogP contribution in [0.15, 0.2) is 30.3 Å². The van der Waals surface area contributed by atoms with Crippen molar-refractivity contribution in [2.24, 2.45) is 0 Å². The molecule has 0 aromatic heterocycles. The number of carbonyl (C=O) groups excluding carboxylic acids is 1. The van der Waals surface area contributed by atoms with E-state index in [1.807, 2.05) is 37.3 Å². The van der Waals surface area contributed by atoms with E-state index >= 15 is 0 Å². The number of ether oxygens (including phenoxy) is 1. The SMILES string of the molecule is CCOCCC(=O)NC(CO)Cc1ccccc1. The molecule has 0 aliphatic carbocycles. The van der Waals surface area contributed by atoms with E-state index in [0.717, 1.165) is 5.56 Å². The molecule has 0 bridgehead atoms. The molecular weight excluding hydrogens is 230 g/mol. The molecule has 1 rings (SSSR count). The van der Waals surface area contributed by atoms with Crippen molar-refractivity contribution in [3.8, 4) is 0 Å². The number of hydrogen-bond donors (Lipinski definition) is 2. The molecule has 2 N–H and O–H groups in total. The minimum absolute atomic E-state index is 0.0602. The molecule has 18 heavy (non-hydrogen) atoms. The number of aliphatic hydroxyl groups is 1. The molecule has 0 spiro atoms. The first-order valence-corrected chi connectivity index (χ1v) is 6.28. The van der Waals surface area contributed by atoms with Gasteiger partial charge in [-0.2, -0.15) is 0 Å². The summed E-state index contributed by atoms with van der Waals surface area (Å²) in [6.07, 6.45) is 0.969. The third-order valence-electron chi connectivity index (χ3n) is 2.59. The Labute approximate surface area is 108 Å². The monoisotopic (exact) mass is 251 g/mol. The molecule has 1 unspecified atom stereocenters. The van der Waals surface area contributed by atoms with Crippen LogP contribution < -0.4 is 5.32 Å². The lowest BCUT2D eigenvalue weighted by Gasteiger charge is -2.16. The lowest BCUT2D eigenvalue weighted by molar-refractivity contribution is -0.123. The maximum Gasteiger partial charge on any atom is 0.222 e. The molecule has 1 aromatic rings. The average molecular weight is 251 g/mol. The second kappa shape index (κ2) is 8.66. The Balaban J connectivity index is 2.35. The maximum atomic E-state index is 11.6. The standard InChI is InChI=1S/C14H21NO3/c1-2-18-9-8-14(17)15-13(11-16)10-12-6-4-3-5-7-12/h3-7,13,16H,2,8-11H2,1H3,(H,15,17). The van der Waals surface area contributed by atoms with Crippen LogP contribution >= 0.6 is 0 Å². The molecule has 4 nitrogen and oxygen atoms in total. The summed E-state index contributed by atoms with van der Waals surface area (Å²) in [6, 6.07) is 9.56. The van der Waals surface area contributed by atoms with E-state index in [2.05, 4.69) is 5.32 Å². The average Bonchev–Trinajstić information content (AvgIpc) is 2.39. The molecule has 1 aromatic carbocycles. The topological polar surface area (TPSA) is 58.6 Å². The summed E-state index contributed by atoms with van der Waals surface area (Å²) in [5, 5.41) is 12.1. The molecule has 4 heteroatoms. The van der Waals surface area contributed by atoms with Gasteiger partial charge in [0.25, 0.3) is 0 Å². The van der Waals surface area contributed by atoms with Gasteiger partial charge in [0.15, 0.2) is 0 Å². The number of benzene rings is 1. The van der Waals surface area contributed by atoms with Gasteiger partial charge in [-0.3, -0.25) is 4.79 Å². The fraction of sp³-hybridized carbons (Fsp3) is 0.500. The fourth-order valence-corrected chi connectivity index (χ4v) is 1.67. The van der Waals surface area contributed by atoms with Gasteiger partial charge >= 0.3 is 0 Å². The molecule has 0 aliphatic rings. The summed E-state index contributed by atoms with van der Waals surface area (Å²) >= 11 is 0. The quantitative estimate of drug-likeness (QED) is 0.681. The van der Waals surface area contributed by atoms with E-state index in [-0.39, 0.29) is 18.6 Å². The predicted molar refractivity (Wildman–Crippen MR) is 70.3 cm³/mol. The molecular formula is C14H21NO3. The van der Waals surface area contributed by atoms with Crippen LogP contribution in [-0.2, 0) is 16.0 Å². The van der Waals surface area contributed by atoms with Gasteiger partial charge in [0, 0.05) is 13.0 Å². The van der Waals surface area contributed by atoms with Gasteiger partial charge in [-0.1, -0.05) is 30.3 Å². The van der Waals surface area contributed by atoms with Crippen molar-refractivity contribution in [1.29, 1.82) is 0 Å². The van der Waals surface area contributed by atoms with Crippen molar-refractivity contribution in [2.45, 2.75) is 25.8 Å². The van der Waals surface area contributed by atoms with Gasteiger partial charge in [-0.05, 0) is 18.9 Å². The smallest absolute Gasteiger partial charge is 0.222 e. The highest BCUT2D eigenvalue weighted by Gasteiger charge is 2.11. The second-order valence-electron chi connectivity index (χ2n) is 4.08. The number of amides is 1. The van der Waals surface area contributed by atoms with E-state index in [1.54, 1.807) is 0 Å². The molecule has 100 valence electrons. The highest BCUT2D eigenvalue weighted by Crippen LogP contribution is 2.03. The Bertz CT molecular complexity index is 340. The zero-order valence-corrected chi connectivity index (χ0v) is 10.8. The highest BCUT2D eigenvalue weighted by atomic mass is 16.5. The minimum atomic E-state index is -0.235. The number of hydrogen-bond acceptors (Lipinski definition) is 3. The number of rotatable bonds is 8. The molecule has 0 saturated carbocycles. The van der Waals surface area contributed by atoms with E-state index in [9.17, 15) is 9.90 Å². The summed E-state index contributed by atoms with van der Waals surface area (Å²) in [6.45, 7) is 2.87. The number of aliphatic hydroxyl groups excluding tert-OH is 1. The van der Waals surface area contributed by atoms with Gasteiger partial charge in [0.2, 0.25) is 5.91 Å². The molecule has 0 radical (unpaired) electrons. The Morgan fingerprint density at radius 3 is 2.72 bits per heavy atom. The summed E-state index contributed by atoms with van der Waals surface area (Å²) in [5.41, 5.74) is 1.10. The van der Waals surface area contributed by atoms with Crippen molar-refractivity contribution in [3.05, 3.63) is 35.9 Å². The van der Waals surface area contributed by atoms with Crippen LogP contribution in [0.25, 0.3) is 0 Å². The lowest BCUT2D eigenvalue weighted by atomic mass is 10.1. The third kappa shape index (κ3) is 5.80. The Morgan fingerprint density at radius 1 is 1.39 bits per heavy atom. The number of carbonyl (C=O) groups is 1. The number of nitrogens with one attached hydrogen (secondary N) is 1. The van der Waals surface area contributed by atoms with Crippen LogP contribution in [0.5, 0.6) is 0 Å². The van der Waals surface area contributed by atoms with Crippen molar-refractivity contribution >= 4 is 5.91 Å². The molecule has 1 atom stereocenters. The highest BCUT2D eigenvalue weighted by molar-refractivity contribution is 5.76. The van der Waals surface area contributed by atoms with Gasteiger partial charge in [0.05, 0.1) is 19.3 Å². The van der Waals surface area contributed by atoms with Gasteiger partial charge in [-0.15, -0.1) is 0 Å². The molecule has 0 saturated heterocycles. The van der Waals surface area contributed by atoms with Crippen LogP contribution in [0.2, 0.25) is 0 Å². The summed E-state index contributed by atoms with van der Waals surface area (Å²) in [4.78, 5) is 11.6. The zero-order valence-electron chi connectivity index (χ0n) is 10.8. The fourth-order valence-electron chi connectivity index (χ4n) is 1.67. The van der Waals surface area contributed by atoms with E-state index in [1.165, 1.54) is 0 Å². The predicted octanol–water partition coefficient (Wildman–Crippen LogP) is 1.13. The molecule has 0 fully saturated rings. The van der Waals surface area contributed by atoms with E-state index in [0.29, 0.717) is 26.1 Å². The third-order valence-corrected chi connectivity index (χ3v) is 2.59. The van der Waals surface area contributed by atoms with Crippen molar-refractivity contribution < 1.29 is 14.6 Å². The normalized spacial score (nSPS) is 12.1. The van der Waals surface area contributed by atoms with Crippen molar-refractivity contribution in [3.63, 3.8) is 0 Å². The summed E-state index contributed by atoms with van der Waals surface area (Å²) in [5.74, 6) is -0.0848. The second-order valence-corrected chi connectivity index (χ2v) is 4.08. The molecule has 0 aliphatic heterocycles. The first-order valence-electron chi connectivity index (χ1n) is 6.28. The first-order chi connectivity index (χ1) is 8.76. The maximum absolute atomic E-state index is 11.6. The van der Waals surface area contributed by atoms with Crippen LogP contribution in [0.4, 0.5) is 0 Å². The molecule has 0 heterocycles. The summed E-state index contributed by atoms with van der Waals surface area (Å²) < 4.78 is 5.11. The van der Waals surface area contributed by atoms with Crippen LogP contribution in [0.1, 0.15) is 18.9 Å². The van der Waals surface area contributed by atoms with Crippen LogP contribution in [0, 0.1) is 0 Å². The molecule has 1 amide bonds. The van der Waals surface area contributed by atoms with E-state index < -0.39 is 0 Å². The first kappa shape index (κ1) is 14.7. The zero-order chi connectivity index (χ0) is 13.2. The minimum Gasteiger partial charge on any atom is -0.394 e. The largest absolute Gasteiger partial charge is 0.394 e. The Kier molecular flexibility index (Phi) is 7.06.